The number of furan rings is 1. The van der Waals surface area contributed by atoms with Crippen molar-refractivity contribution in [2.45, 2.75) is 52.0 Å². The molecule has 0 spiro atoms. The summed E-state index contributed by atoms with van der Waals surface area (Å²) in [5.74, 6) is -2.47. The first-order chi connectivity index (χ1) is 18.0. The average Bonchev–Trinajstić information content (AvgIpc) is 3.50. The molecule has 0 unspecified atom stereocenters. The van der Waals surface area contributed by atoms with E-state index in [-0.39, 0.29) is 57.2 Å². The van der Waals surface area contributed by atoms with Gasteiger partial charge in [-0.1, -0.05) is 0 Å². The lowest BCUT2D eigenvalue weighted by Gasteiger charge is -2.34. The van der Waals surface area contributed by atoms with Gasteiger partial charge in [-0.2, -0.15) is 0 Å². The maximum atomic E-state index is 13.9. The van der Waals surface area contributed by atoms with E-state index in [0.717, 1.165) is 0 Å². The lowest BCUT2D eigenvalue weighted by Crippen LogP contribution is -2.46. The van der Waals surface area contributed by atoms with Crippen LogP contribution >= 0.6 is 0 Å². The monoisotopic (exact) mass is 520 g/mol. The van der Waals surface area contributed by atoms with Crippen molar-refractivity contribution in [1.29, 1.82) is 0 Å². The van der Waals surface area contributed by atoms with Gasteiger partial charge in [-0.3, -0.25) is 19.2 Å². The van der Waals surface area contributed by atoms with Crippen LogP contribution in [0.1, 0.15) is 65.7 Å². The number of hydrogen-bond acceptors (Lipinski definition) is 9. The molecule has 1 saturated heterocycles. The largest absolute Gasteiger partial charge is 0.507 e. The summed E-state index contributed by atoms with van der Waals surface area (Å²) in [6.07, 6.45) is 3.85. The number of ether oxygens (including phenoxy) is 1. The molecule has 1 aromatic carbocycles. The van der Waals surface area contributed by atoms with Crippen molar-refractivity contribution >= 4 is 23.3 Å². The third kappa shape index (κ3) is 3.62. The van der Waals surface area contributed by atoms with E-state index < -0.39 is 28.5 Å². The number of amides is 1. The van der Waals surface area contributed by atoms with Crippen LogP contribution in [0, 0.1) is 6.92 Å². The second-order valence-corrected chi connectivity index (χ2v) is 10.1. The van der Waals surface area contributed by atoms with Crippen LogP contribution in [-0.4, -0.2) is 57.5 Å². The highest BCUT2D eigenvalue weighted by molar-refractivity contribution is 6.31. The number of benzene rings is 1. The summed E-state index contributed by atoms with van der Waals surface area (Å²) in [6, 6.07) is 3.20. The van der Waals surface area contributed by atoms with E-state index in [9.17, 15) is 29.4 Å². The Morgan fingerprint density at radius 3 is 2.42 bits per heavy atom. The molecule has 3 aliphatic rings. The van der Waals surface area contributed by atoms with Gasteiger partial charge < -0.3 is 29.6 Å². The third-order valence-electron chi connectivity index (χ3n) is 7.69. The number of phenolic OH excluding ortho intramolecular Hbond substituents is 2. The summed E-state index contributed by atoms with van der Waals surface area (Å²) < 4.78 is 11.0. The van der Waals surface area contributed by atoms with E-state index in [2.05, 4.69) is 5.32 Å². The van der Waals surface area contributed by atoms with Crippen LogP contribution in [0.25, 0.3) is 0 Å². The maximum Gasteiger partial charge on any atom is 0.289 e. The number of nitrogens with zero attached hydrogens (tertiary/aromatic N) is 1. The minimum Gasteiger partial charge on any atom is -0.507 e. The first kappa shape index (κ1) is 25.3. The molecule has 1 amide bonds. The predicted octanol–water partition coefficient (Wildman–Crippen LogP) is 3.06. The summed E-state index contributed by atoms with van der Waals surface area (Å²) in [4.78, 5) is 53.6. The average molecular weight is 521 g/mol. The minimum absolute atomic E-state index is 0.00778. The van der Waals surface area contributed by atoms with Crippen molar-refractivity contribution in [2.24, 2.45) is 0 Å². The number of likely N-dealkylation sites (tertiary alicyclic amines) is 1. The normalized spacial score (nSPS) is 22.4. The predicted molar refractivity (Wildman–Crippen MR) is 134 cm³/mol. The summed E-state index contributed by atoms with van der Waals surface area (Å²) in [6.45, 7) is 6.82. The fourth-order valence-electron chi connectivity index (χ4n) is 5.52. The number of rotatable bonds is 4. The smallest absolute Gasteiger partial charge is 0.289 e. The Kier molecular flexibility index (Phi) is 5.93. The third-order valence-corrected chi connectivity index (χ3v) is 7.69. The van der Waals surface area contributed by atoms with Gasteiger partial charge in [-0.05, 0) is 52.7 Å². The number of piperidine rings is 1. The first-order valence-electron chi connectivity index (χ1n) is 12.4. The van der Waals surface area contributed by atoms with Crippen LogP contribution in [0.4, 0.5) is 0 Å². The van der Waals surface area contributed by atoms with Gasteiger partial charge in [-0.15, -0.1) is 0 Å². The molecule has 1 fully saturated rings. The Labute approximate surface area is 218 Å². The first-order valence-corrected chi connectivity index (χ1v) is 12.4. The fraction of sp³-hybridized carbons (Fsp3) is 0.357. The van der Waals surface area contributed by atoms with E-state index in [0.29, 0.717) is 31.6 Å². The fourth-order valence-corrected chi connectivity index (χ4v) is 5.52. The number of hydrogen-bond donors (Lipinski definition) is 3. The number of carbonyl (C=O) groups is 4. The number of allylic oxidation sites excluding steroid dienone is 4. The molecule has 2 aliphatic heterocycles. The molecule has 0 radical (unpaired) electrons. The second kappa shape index (κ2) is 8.90. The van der Waals surface area contributed by atoms with E-state index in [1.54, 1.807) is 24.0 Å². The standard InChI is InChI=1S/C28H28N2O8/c1-13-23(33)21(15(3)31)25-22(24(13)34)28(4)19(38-25)12-17(32)20(26(28)35)14(2)29-16-7-9-30(10-8-16)27(36)18-6-5-11-37-18/h5-6,11-12,16,29,33-34H,7-10H2,1-4H3/t28-/m0/s1. The van der Waals surface area contributed by atoms with Crippen molar-refractivity contribution in [3.05, 3.63) is 64.0 Å². The van der Waals surface area contributed by atoms with E-state index in [1.807, 2.05) is 0 Å². The van der Waals surface area contributed by atoms with Gasteiger partial charge >= 0.3 is 0 Å². The molecular formula is C28H28N2O8. The van der Waals surface area contributed by atoms with Crippen LogP contribution in [0.2, 0.25) is 0 Å². The number of ketones is 3. The molecule has 198 valence electrons. The number of Topliss-reactive ketones (excluding diaryl/α,β-unsaturated/α-hetero) is 2. The molecule has 1 aliphatic carbocycles. The Morgan fingerprint density at radius 1 is 1.13 bits per heavy atom. The highest BCUT2D eigenvalue weighted by Crippen LogP contribution is 2.57. The molecule has 38 heavy (non-hydrogen) atoms. The number of aromatic hydroxyl groups is 2. The van der Waals surface area contributed by atoms with Crippen molar-refractivity contribution in [3.8, 4) is 17.2 Å². The SMILES string of the molecule is CC(=O)c1c(O)c(C)c(O)c2c1OC1=CC(=O)C(=C(C)NC3CCN(C(=O)c4ccco4)CC3)C(=O)[C@@]12C. The lowest BCUT2D eigenvalue weighted by molar-refractivity contribution is -0.123. The van der Waals surface area contributed by atoms with E-state index >= 15 is 0 Å². The van der Waals surface area contributed by atoms with Crippen molar-refractivity contribution < 1.29 is 38.5 Å². The van der Waals surface area contributed by atoms with Crippen LogP contribution in [-0.2, 0) is 15.0 Å². The van der Waals surface area contributed by atoms with E-state index in [4.69, 9.17) is 9.15 Å². The van der Waals surface area contributed by atoms with Crippen molar-refractivity contribution in [2.75, 3.05) is 13.1 Å². The van der Waals surface area contributed by atoms with Crippen LogP contribution in [0.15, 0.2) is 45.9 Å². The molecule has 3 N–H and O–H groups in total. The van der Waals surface area contributed by atoms with Crippen molar-refractivity contribution in [1.82, 2.24) is 10.2 Å². The Morgan fingerprint density at radius 2 is 1.82 bits per heavy atom. The van der Waals surface area contributed by atoms with Gasteiger partial charge in [0.2, 0.25) is 0 Å². The summed E-state index contributed by atoms with van der Waals surface area (Å²) in [5.41, 5.74) is -1.31. The Balaban J connectivity index is 1.44. The van der Waals surface area contributed by atoms with Gasteiger partial charge in [-0.25, -0.2) is 0 Å². The summed E-state index contributed by atoms with van der Waals surface area (Å²) >= 11 is 0. The zero-order valence-corrected chi connectivity index (χ0v) is 21.5. The molecule has 3 heterocycles. The number of fused-ring (bicyclic) bond motifs is 3. The van der Waals surface area contributed by atoms with Crippen LogP contribution in [0.3, 0.4) is 0 Å². The zero-order valence-electron chi connectivity index (χ0n) is 21.5. The molecular weight excluding hydrogens is 492 g/mol. The molecule has 2 aromatic rings. The van der Waals surface area contributed by atoms with Gasteiger partial charge in [0.1, 0.15) is 34.0 Å². The molecule has 10 nitrogen and oxygen atoms in total. The Hall–Kier alpha value is -4.34. The van der Waals surface area contributed by atoms with Crippen LogP contribution in [0.5, 0.6) is 17.2 Å². The van der Waals surface area contributed by atoms with Gasteiger partial charge in [0.15, 0.2) is 23.1 Å². The quantitative estimate of drug-likeness (QED) is 0.314. The molecule has 10 heteroatoms. The summed E-state index contributed by atoms with van der Waals surface area (Å²) in [5, 5.41) is 24.7. The number of phenols is 2. The summed E-state index contributed by atoms with van der Waals surface area (Å²) in [7, 11) is 0. The molecule has 0 saturated carbocycles. The van der Waals surface area contributed by atoms with Gasteiger partial charge in [0, 0.05) is 36.5 Å². The molecule has 1 atom stereocenters. The molecule has 0 bridgehead atoms. The van der Waals surface area contributed by atoms with Gasteiger partial charge in [0.05, 0.1) is 17.4 Å². The highest BCUT2D eigenvalue weighted by atomic mass is 16.5. The molecule has 1 aromatic heterocycles. The maximum absolute atomic E-state index is 13.9. The van der Waals surface area contributed by atoms with Crippen LogP contribution < -0.4 is 10.1 Å². The lowest BCUT2D eigenvalue weighted by atomic mass is 9.70. The van der Waals surface area contributed by atoms with Crippen molar-refractivity contribution in [3.63, 3.8) is 0 Å². The zero-order chi connectivity index (χ0) is 27.5. The van der Waals surface area contributed by atoms with Gasteiger partial charge in [0.25, 0.3) is 5.91 Å². The van der Waals surface area contributed by atoms with E-state index in [1.165, 1.54) is 33.1 Å². The Bertz CT molecular complexity index is 1460. The topological polar surface area (TPSA) is 146 Å². The number of carbonyl (C=O) groups excluding carboxylic acids is 4. The minimum atomic E-state index is -1.56. The molecule has 5 rings (SSSR count). The highest BCUT2D eigenvalue weighted by Gasteiger charge is 2.56. The number of nitrogens with one attached hydrogen (secondary N) is 1. The second-order valence-electron chi connectivity index (χ2n) is 10.1.